The normalized spacial score (nSPS) is 23.5. The van der Waals surface area contributed by atoms with Crippen LogP contribution in [0, 0.1) is 6.07 Å². The Labute approximate surface area is 170 Å². The number of aromatic nitrogens is 1. The van der Waals surface area contributed by atoms with Crippen LogP contribution in [0.1, 0.15) is 56.9 Å². The van der Waals surface area contributed by atoms with E-state index in [1.807, 2.05) is 0 Å². The highest BCUT2D eigenvalue weighted by Gasteiger charge is 2.27. The van der Waals surface area contributed by atoms with E-state index < -0.39 is 0 Å². The monoisotopic (exact) mass is 379 g/mol. The molecular formula is C24H35N4. The molecule has 1 radical (unpaired) electrons. The fourth-order valence-corrected chi connectivity index (χ4v) is 5.31. The molecule has 3 aliphatic rings. The van der Waals surface area contributed by atoms with Crippen molar-refractivity contribution in [1.82, 2.24) is 14.5 Å². The van der Waals surface area contributed by atoms with Crippen molar-refractivity contribution >= 4 is 10.9 Å². The molecule has 4 nitrogen and oxygen atoms in total. The third-order valence-electron chi connectivity index (χ3n) is 7.21. The average molecular weight is 380 g/mol. The molecule has 0 amide bonds. The van der Waals surface area contributed by atoms with Crippen molar-refractivity contribution in [3.05, 3.63) is 36.0 Å². The van der Waals surface area contributed by atoms with Gasteiger partial charge in [0, 0.05) is 50.3 Å². The zero-order chi connectivity index (χ0) is 18.8. The van der Waals surface area contributed by atoms with Gasteiger partial charge in [0.05, 0.1) is 5.52 Å². The van der Waals surface area contributed by atoms with Crippen molar-refractivity contribution in [2.24, 2.45) is 0 Å². The minimum atomic E-state index is 0.889. The number of nitrogens with zero attached hydrogens (tertiary/aromatic N) is 4. The van der Waals surface area contributed by atoms with Gasteiger partial charge in [0.2, 0.25) is 0 Å². The highest BCUT2D eigenvalue weighted by molar-refractivity contribution is 5.84. The Bertz CT molecular complexity index is 770. The fraction of sp³-hybridized carbons (Fsp3) is 0.667. The van der Waals surface area contributed by atoms with Gasteiger partial charge in [-0.15, -0.1) is 0 Å². The van der Waals surface area contributed by atoms with Crippen LogP contribution in [-0.4, -0.2) is 59.8 Å². The van der Waals surface area contributed by atoms with Crippen molar-refractivity contribution in [3.63, 3.8) is 0 Å². The van der Waals surface area contributed by atoms with Crippen molar-refractivity contribution < 1.29 is 0 Å². The molecular weight excluding hydrogens is 344 g/mol. The average Bonchev–Trinajstić information content (AvgIpc) is 2.88. The Morgan fingerprint density at radius 3 is 2.50 bits per heavy atom. The predicted molar refractivity (Wildman–Crippen MR) is 116 cm³/mol. The Balaban J connectivity index is 1.34. The summed E-state index contributed by atoms with van der Waals surface area (Å²) >= 11 is 0. The summed E-state index contributed by atoms with van der Waals surface area (Å²) in [7, 11) is 0. The molecule has 0 spiro atoms. The van der Waals surface area contributed by atoms with Crippen LogP contribution in [0.5, 0.6) is 0 Å². The lowest BCUT2D eigenvalue weighted by molar-refractivity contribution is 0.130. The number of benzene rings is 1. The molecule has 5 rings (SSSR count). The molecule has 4 heteroatoms. The van der Waals surface area contributed by atoms with Crippen LogP contribution in [0.15, 0.2) is 24.4 Å². The molecule has 0 bridgehead atoms. The zero-order valence-electron chi connectivity index (χ0n) is 17.3. The summed E-state index contributed by atoms with van der Waals surface area (Å²) in [4.78, 5) is 5.45. The topological polar surface area (TPSA) is 14.7 Å². The highest BCUT2D eigenvalue weighted by Crippen LogP contribution is 2.27. The van der Waals surface area contributed by atoms with Gasteiger partial charge in [-0.25, -0.2) is 0 Å². The second-order valence-electron chi connectivity index (χ2n) is 9.06. The molecule has 0 atom stereocenters. The summed E-state index contributed by atoms with van der Waals surface area (Å²) in [5.74, 6) is 0. The summed E-state index contributed by atoms with van der Waals surface area (Å²) in [6, 6.07) is 10.8. The summed E-state index contributed by atoms with van der Waals surface area (Å²) in [5, 5.41) is 3.98. The smallest absolute Gasteiger partial charge is 0.0704 e. The highest BCUT2D eigenvalue weighted by atomic mass is 15.5. The Hall–Kier alpha value is -1.52. The first-order valence-electron chi connectivity index (χ1n) is 11.6. The molecule has 0 unspecified atom stereocenters. The van der Waals surface area contributed by atoms with Gasteiger partial charge >= 0.3 is 0 Å². The van der Waals surface area contributed by atoms with Crippen molar-refractivity contribution in [2.75, 3.05) is 44.3 Å². The maximum Gasteiger partial charge on any atom is 0.0704 e. The second kappa shape index (κ2) is 8.46. The van der Waals surface area contributed by atoms with Gasteiger partial charge in [-0.3, -0.25) is 14.5 Å². The minimum absolute atomic E-state index is 0.889. The van der Waals surface area contributed by atoms with Gasteiger partial charge in [0.25, 0.3) is 0 Å². The molecule has 3 fully saturated rings. The van der Waals surface area contributed by atoms with E-state index in [-0.39, 0.29) is 0 Å². The summed E-state index contributed by atoms with van der Waals surface area (Å²) in [5.41, 5.74) is 2.83. The zero-order valence-corrected chi connectivity index (χ0v) is 17.3. The van der Waals surface area contributed by atoms with Gasteiger partial charge in [0.1, 0.15) is 0 Å². The van der Waals surface area contributed by atoms with E-state index in [0.717, 1.165) is 12.6 Å². The number of rotatable bonds is 4. The van der Waals surface area contributed by atoms with Crippen LogP contribution in [0.25, 0.3) is 10.9 Å². The van der Waals surface area contributed by atoms with Crippen molar-refractivity contribution in [2.45, 2.75) is 64.0 Å². The standard InChI is InChI=1S/C24H35N4/c1-2-6-16-27(15-5-1)28-20-21(23-11-3-4-12-24(23)28)19-25-13-8-14-26(18-17-25)22-9-7-10-22/h3,11-12,20,22H,1-2,5-10,13-19H2. The first-order chi connectivity index (χ1) is 13.9. The lowest BCUT2D eigenvalue weighted by Crippen LogP contribution is -2.42. The van der Waals surface area contributed by atoms with Crippen LogP contribution in [-0.2, 0) is 6.54 Å². The second-order valence-corrected chi connectivity index (χ2v) is 9.06. The Morgan fingerprint density at radius 1 is 0.857 bits per heavy atom. The van der Waals surface area contributed by atoms with Gasteiger partial charge < -0.3 is 5.01 Å². The van der Waals surface area contributed by atoms with E-state index in [9.17, 15) is 0 Å². The lowest BCUT2D eigenvalue weighted by Gasteiger charge is -2.36. The van der Waals surface area contributed by atoms with E-state index in [4.69, 9.17) is 0 Å². The van der Waals surface area contributed by atoms with Gasteiger partial charge in [0.15, 0.2) is 0 Å². The quantitative estimate of drug-likeness (QED) is 0.798. The molecule has 2 saturated heterocycles. The van der Waals surface area contributed by atoms with Crippen LogP contribution >= 0.6 is 0 Å². The summed E-state index contributed by atoms with van der Waals surface area (Å²) < 4.78 is 2.45. The molecule has 28 heavy (non-hydrogen) atoms. The van der Waals surface area contributed by atoms with E-state index in [1.54, 1.807) is 0 Å². The number of hydrogen-bond acceptors (Lipinski definition) is 3. The van der Waals surface area contributed by atoms with Crippen LogP contribution in [0.3, 0.4) is 0 Å². The Kier molecular flexibility index (Phi) is 5.59. The molecule has 0 N–H and O–H groups in total. The molecule has 151 valence electrons. The molecule has 2 aliphatic heterocycles. The van der Waals surface area contributed by atoms with Crippen LogP contribution in [0.4, 0.5) is 0 Å². The summed E-state index contributed by atoms with van der Waals surface area (Å²) in [6.07, 6.45) is 13.4. The fourth-order valence-electron chi connectivity index (χ4n) is 5.31. The van der Waals surface area contributed by atoms with Gasteiger partial charge in [-0.05, 0) is 62.9 Å². The SMILES string of the molecule is [c]1ccc2c(CN3CCCN(C4CCC4)CC3)cn(N3CCCCCC3)c2c1. The Morgan fingerprint density at radius 2 is 1.71 bits per heavy atom. The van der Waals surface area contributed by atoms with Crippen molar-refractivity contribution in [3.8, 4) is 0 Å². The number of hydrogen-bond donors (Lipinski definition) is 0. The predicted octanol–water partition coefficient (Wildman–Crippen LogP) is 4.01. The van der Waals surface area contributed by atoms with Gasteiger partial charge in [-0.2, -0.15) is 0 Å². The lowest BCUT2D eigenvalue weighted by atomic mass is 9.91. The minimum Gasteiger partial charge on any atom is -0.313 e. The summed E-state index contributed by atoms with van der Waals surface area (Å²) in [6.45, 7) is 8.44. The third-order valence-corrected chi connectivity index (χ3v) is 7.21. The largest absolute Gasteiger partial charge is 0.313 e. The first kappa shape index (κ1) is 18.5. The molecule has 2 aromatic rings. The molecule has 1 aromatic heterocycles. The van der Waals surface area contributed by atoms with E-state index in [2.05, 4.69) is 49.9 Å². The third kappa shape index (κ3) is 3.81. The maximum atomic E-state index is 3.32. The van der Waals surface area contributed by atoms with Crippen LogP contribution < -0.4 is 5.01 Å². The van der Waals surface area contributed by atoms with Crippen molar-refractivity contribution in [1.29, 1.82) is 0 Å². The van der Waals surface area contributed by atoms with Gasteiger partial charge in [-0.1, -0.05) is 31.4 Å². The van der Waals surface area contributed by atoms with E-state index >= 15 is 0 Å². The van der Waals surface area contributed by atoms with Crippen LogP contribution in [0.2, 0.25) is 0 Å². The molecule has 1 aromatic carbocycles. The molecule has 3 heterocycles. The van der Waals surface area contributed by atoms with E-state index in [0.29, 0.717) is 0 Å². The number of fused-ring (bicyclic) bond motifs is 1. The molecule has 1 aliphatic carbocycles. The van der Waals surface area contributed by atoms with E-state index in [1.165, 1.54) is 107 Å². The maximum absolute atomic E-state index is 3.32. The first-order valence-corrected chi connectivity index (χ1v) is 11.6. The molecule has 1 saturated carbocycles.